The molecule has 1 fully saturated rings. The van der Waals surface area contributed by atoms with Crippen LogP contribution in [0, 0.1) is 24.6 Å². The molecule has 1 saturated carbocycles. The number of benzene rings is 1. The molecule has 0 bridgehead atoms. The zero-order valence-corrected chi connectivity index (χ0v) is 14.8. The van der Waals surface area contributed by atoms with Gasteiger partial charge < -0.3 is 0 Å². The van der Waals surface area contributed by atoms with Crippen LogP contribution in [0.15, 0.2) is 30.3 Å². The summed E-state index contributed by atoms with van der Waals surface area (Å²) >= 11 is 0. The fourth-order valence-electron chi connectivity index (χ4n) is 3.75. The van der Waals surface area contributed by atoms with E-state index in [1.54, 1.807) is 6.07 Å². The smallest absolute Gasteiger partial charge is 0.127 e. The van der Waals surface area contributed by atoms with E-state index in [4.69, 9.17) is 0 Å². The van der Waals surface area contributed by atoms with Crippen molar-refractivity contribution in [3.05, 3.63) is 47.4 Å². The maximum Gasteiger partial charge on any atom is 0.127 e. The molecule has 3 heteroatoms. The van der Waals surface area contributed by atoms with Gasteiger partial charge >= 0.3 is 0 Å². The number of halogens is 1. The lowest BCUT2D eigenvalue weighted by Gasteiger charge is -2.27. The van der Waals surface area contributed by atoms with Gasteiger partial charge in [-0.1, -0.05) is 51.2 Å². The van der Waals surface area contributed by atoms with Gasteiger partial charge in [0.2, 0.25) is 0 Å². The summed E-state index contributed by atoms with van der Waals surface area (Å²) in [5, 5.41) is 8.18. The minimum Gasteiger partial charge on any atom is -0.207 e. The molecule has 1 aliphatic rings. The van der Waals surface area contributed by atoms with Crippen LogP contribution in [0.3, 0.4) is 0 Å². The molecule has 1 heterocycles. The van der Waals surface area contributed by atoms with E-state index in [0.717, 1.165) is 47.2 Å². The van der Waals surface area contributed by atoms with Gasteiger partial charge in [-0.2, -0.15) is 10.2 Å². The summed E-state index contributed by atoms with van der Waals surface area (Å²) in [7, 11) is 0. The molecule has 128 valence electrons. The molecule has 0 N–H and O–H groups in total. The van der Waals surface area contributed by atoms with Crippen molar-refractivity contribution >= 4 is 0 Å². The average molecular weight is 326 g/mol. The molecule has 0 spiro atoms. The Bertz CT molecular complexity index is 658. The Hall–Kier alpha value is -1.77. The van der Waals surface area contributed by atoms with Crippen LogP contribution in [0.25, 0.3) is 11.3 Å². The number of aromatic nitrogens is 2. The van der Waals surface area contributed by atoms with Crippen molar-refractivity contribution in [3.63, 3.8) is 0 Å². The van der Waals surface area contributed by atoms with E-state index in [1.807, 2.05) is 31.2 Å². The van der Waals surface area contributed by atoms with Gasteiger partial charge in [0.15, 0.2) is 0 Å². The molecule has 2 aromatic rings. The highest BCUT2D eigenvalue weighted by molar-refractivity contribution is 5.59. The third-order valence-electron chi connectivity index (χ3n) is 5.51. The molecule has 3 rings (SSSR count). The Kier molecular flexibility index (Phi) is 5.60. The van der Waals surface area contributed by atoms with Gasteiger partial charge in [0, 0.05) is 5.56 Å². The molecule has 1 aliphatic carbocycles. The van der Waals surface area contributed by atoms with Crippen LogP contribution in [0.4, 0.5) is 4.39 Å². The Labute approximate surface area is 144 Å². The minimum absolute atomic E-state index is 0.114. The molecular weight excluding hydrogens is 299 g/mol. The SMILES string of the molecule is CCC1CCC(CCc2ccc(-c3ccc(C)nn3)cc2F)CC1. The third-order valence-corrected chi connectivity index (χ3v) is 5.51. The molecule has 0 unspecified atom stereocenters. The Morgan fingerprint density at radius 1 is 1.00 bits per heavy atom. The van der Waals surface area contributed by atoms with Crippen molar-refractivity contribution in [1.82, 2.24) is 10.2 Å². The molecule has 0 saturated heterocycles. The normalized spacial score (nSPS) is 21.0. The van der Waals surface area contributed by atoms with Gasteiger partial charge in [-0.15, -0.1) is 0 Å². The monoisotopic (exact) mass is 326 g/mol. The van der Waals surface area contributed by atoms with Gasteiger partial charge in [-0.05, 0) is 55.4 Å². The van der Waals surface area contributed by atoms with E-state index < -0.39 is 0 Å². The van der Waals surface area contributed by atoms with E-state index in [-0.39, 0.29) is 5.82 Å². The fraction of sp³-hybridized carbons (Fsp3) is 0.524. The van der Waals surface area contributed by atoms with Crippen LogP contribution in [-0.2, 0) is 6.42 Å². The molecule has 0 amide bonds. The zero-order chi connectivity index (χ0) is 16.9. The van der Waals surface area contributed by atoms with Crippen LogP contribution in [0.1, 0.15) is 56.7 Å². The first-order valence-electron chi connectivity index (χ1n) is 9.25. The average Bonchev–Trinajstić information content (AvgIpc) is 2.62. The molecule has 2 nitrogen and oxygen atoms in total. The Balaban J connectivity index is 1.60. The molecule has 0 aliphatic heterocycles. The van der Waals surface area contributed by atoms with Crippen LogP contribution in [0.5, 0.6) is 0 Å². The van der Waals surface area contributed by atoms with E-state index >= 15 is 0 Å². The maximum atomic E-state index is 14.4. The highest BCUT2D eigenvalue weighted by Crippen LogP contribution is 2.33. The molecule has 24 heavy (non-hydrogen) atoms. The first-order valence-corrected chi connectivity index (χ1v) is 9.25. The molecule has 1 aromatic heterocycles. The van der Waals surface area contributed by atoms with Crippen molar-refractivity contribution in [2.24, 2.45) is 11.8 Å². The summed E-state index contributed by atoms with van der Waals surface area (Å²) in [5.41, 5.74) is 3.22. The van der Waals surface area contributed by atoms with E-state index in [1.165, 1.54) is 32.1 Å². The quantitative estimate of drug-likeness (QED) is 0.700. The second-order valence-corrected chi connectivity index (χ2v) is 7.20. The Morgan fingerprint density at radius 3 is 2.38 bits per heavy atom. The zero-order valence-electron chi connectivity index (χ0n) is 14.8. The van der Waals surface area contributed by atoms with Crippen molar-refractivity contribution in [3.8, 4) is 11.3 Å². The Morgan fingerprint density at radius 2 is 1.75 bits per heavy atom. The lowest BCUT2D eigenvalue weighted by molar-refractivity contribution is 0.258. The minimum atomic E-state index is -0.114. The molecular formula is C21H27FN2. The summed E-state index contributed by atoms with van der Waals surface area (Å²) in [6, 6.07) is 9.28. The molecule has 0 atom stereocenters. The predicted molar refractivity (Wildman–Crippen MR) is 96.2 cm³/mol. The van der Waals surface area contributed by atoms with Crippen molar-refractivity contribution in [2.75, 3.05) is 0 Å². The van der Waals surface area contributed by atoms with Crippen molar-refractivity contribution in [2.45, 2.75) is 58.8 Å². The standard InChI is InChI=1S/C21H27FN2/c1-3-16-5-7-17(8-6-16)9-10-18-11-12-19(14-20(18)22)21-13-4-15(2)23-24-21/h4,11-14,16-17H,3,5-10H2,1-2H3. The molecule has 0 radical (unpaired) electrons. The summed E-state index contributed by atoms with van der Waals surface area (Å²) in [5.74, 6) is 1.58. The lowest BCUT2D eigenvalue weighted by Crippen LogP contribution is -2.14. The van der Waals surface area contributed by atoms with Gasteiger partial charge in [0.1, 0.15) is 5.82 Å². The third kappa shape index (κ3) is 4.19. The maximum absolute atomic E-state index is 14.4. The summed E-state index contributed by atoms with van der Waals surface area (Å²) < 4.78 is 14.4. The summed E-state index contributed by atoms with van der Waals surface area (Å²) in [6.45, 7) is 4.19. The second-order valence-electron chi connectivity index (χ2n) is 7.20. The highest BCUT2D eigenvalue weighted by Gasteiger charge is 2.20. The first-order chi connectivity index (χ1) is 11.7. The largest absolute Gasteiger partial charge is 0.207 e. The van der Waals surface area contributed by atoms with Crippen LogP contribution in [-0.4, -0.2) is 10.2 Å². The number of hydrogen-bond acceptors (Lipinski definition) is 2. The van der Waals surface area contributed by atoms with Gasteiger partial charge in [0.25, 0.3) is 0 Å². The van der Waals surface area contributed by atoms with Crippen LogP contribution in [0.2, 0.25) is 0 Å². The van der Waals surface area contributed by atoms with Gasteiger partial charge in [0.05, 0.1) is 11.4 Å². The number of rotatable bonds is 5. The van der Waals surface area contributed by atoms with Crippen LogP contribution < -0.4 is 0 Å². The van der Waals surface area contributed by atoms with E-state index in [0.29, 0.717) is 0 Å². The van der Waals surface area contributed by atoms with Gasteiger partial charge in [-0.3, -0.25) is 0 Å². The van der Waals surface area contributed by atoms with Crippen molar-refractivity contribution in [1.29, 1.82) is 0 Å². The predicted octanol–water partition coefficient (Wildman–Crippen LogP) is 5.74. The highest BCUT2D eigenvalue weighted by atomic mass is 19.1. The summed E-state index contributed by atoms with van der Waals surface area (Å²) in [4.78, 5) is 0. The van der Waals surface area contributed by atoms with Crippen molar-refractivity contribution < 1.29 is 4.39 Å². The summed E-state index contributed by atoms with van der Waals surface area (Å²) in [6.07, 6.45) is 8.60. The van der Waals surface area contributed by atoms with Gasteiger partial charge in [-0.25, -0.2) is 4.39 Å². The van der Waals surface area contributed by atoms with Crippen LogP contribution >= 0.6 is 0 Å². The molecule has 1 aromatic carbocycles. The van der Waals surface area contributed by atoms with E-state index in [9.17, 15) is 4.39 Å². The first kappa shape index (κ1) is 17.1. The number of nitrogens with zero attached hydrogens (tertiary/aromatic N) is 2. The second kappa shape index (κ2) is 7.87. The number of aryl methyl sites for hydroxylation is 2. The number of hydrogen-bond donors (Lipinski definition) is 0. The fourth-order valence-corrected chi connectivity index (χ4v) is 3.75. The topological polar surface area (TPSA) is 25.8 Å². The lowest BCUT2D eigenvalue weighted by atomic mass is 9.78. The van der Waals surface area contributed by atoms with E-state index in [2.05, 4.69) is 17.1 Å².